The van der Waals surface area contributed by atoms with Crippen molar-refractivity contribution in [3.05, 3.63) is 24.3 Å². The van der Waals surface area contributed by atoms with Crippen LogP contribution in [0.2, 0.25) is 0 Å². The van der Waals surface area contributed by atoms with Crippen LogP contribution in [0.15, 0.2) is 29.2 Å². The predicted octanol–water partition coefficient (Wildman–Crippen LogP) is 6.52. The van der Waals surface area contributed by atoms with E-state index in [1.165, 1.54) is 54.9 Å². The van der Waals surface area contributed by atoms with E-state index in [-0.39, 0.29) is 0 Å². The van der Waals surface area contributed by atoms with Gasteiger partial charge in [0, 0.05) is 10.6 Å². The van der Waals surface area contributed by atoms with Crippen LogP contribution in [-0.4, -0.2) is 5.75 Å². The van der Waals surface area contributed by atoms with E-state index in [0.717, 1.165) is 0 Å². The van der Waals surface area contributed by atoms with Crippen LogP contribution in [0.5, 0.6) is 0 Å². The van der Waals surface area contributed by atoms with Gasteiger partial charge in [-0.2, -0.15) is 0 Å². The Hall–Kier alpha value is 0.370. The van der Waals surface area contributed by atoms with Crippen molar-refractivity contribution >= 4 is 44.8 Å². The Morgan fingerprint density at radius 3 is 2.68 bits per heavy atom. The molecule has 1 aromatic rings. The second-order valence-corrected chi connectivity index (χ2v) is 15.6. The Morgan fingerprint density at radius 1 is 1.16 bits per heavy atom. The number of hydrogen-bond acceptors (Lipinski definition) is 3. The van der Waals surface area contributed by atoms with Crippen molar-refractivity contribution in [2.24, 2.45) is 0 Å². The Labute approximate surface area is 130 Å². The molecular formula is C14H22NPS3. The molecule has 1 aliphatic rings. The van der Waals surface area contributed by atoms with Crippen LogP contribution in [0.3, 0.4) is 0 Å². The largest absolute Gasteiger partial charge is 0.341 e. The van der Waals surface area contributed by atoms with Gasteiger partial charge in [0.15, 0.2) is 0 Å². The summed E-state index contributed by atoms with van der Waals surface area (Å²) in [6, 6.07) is 8.49. The first-order valence-electron chi connectivity index (χ1n) is 7.05. The molecule has 1 aromatic carbocycles. The molecule has 1 atom stereocenters. The van der Waals surface area contributed by atoms with E-state index in [1.54, 1.807) is 0 Å². The van der Waals surface area contributed by atoms with Crippen molar-refractivity contribution in [1.82, 2.24) is 0 Å². The summed E-state index contributed by atoms with van der Waals surface area (Å²) in [5.74, 6) is 1.21. The van der Waals surface area contributed by atoms with Crippen molar-refractivity contribution in [3.63, 3.8) is 0 Å². The van der Waals surface area contributed by atoms with Crippen molar-refractivity contribution in [2.75, 3.05) is 10.8 Å². The molecule has 0 bridgehead atoms. The lowest BCUT2D eigenvalue weighted by molar-refractivity contribution is 0.627. The molecule has 1 aliphatic heterocycles. The van der Waals surface area contributed by atoms with E-state index in [0.29, 0.717) is 0 Å². The van der Waals surface area contributed by atoms with Gasteiger partial charge in [0.05, 0.1) is 5.69 Å². The van der Waals surface area contributed by atoms with E-state index >= 15 is 0 Å². The summed E-state index contributed by atoms with van der Waals surface area (Å²) in [7, 11) is 0. The summed E-state index contributed by atoms with van der Waals surface area (Å²) < 4.78 is -1.50. The number of anilines is 1. The monoisotopic (exact) mass is 331 g/mol. The van der Waals surface area contributed by atoms with Crippen molar-refractivity contribution in [3.8, 4) is 0 Å². The second kappa shape index (κ2) is 7.97. The molecular weight excluding hydrogens is 309 g/mol. The molecule has 0 saturated carbocycles. The van der Waals surface area contributed by atoms with Gasteiger partial charge in [-0.25, -0.2) is 0 Å². The fourth-order valence-corrected chi connectivity index (χ4v) is 11.0. The first kappa shape index (κ1) is 15.8. The SMILES string of the molecule is CCCCCCCCSP1(=S)Nc2ccccc2S1. The maximum absolute atomic E-state index is 5.82. The second-order valence-electron chi connectivity index (χ2n) is 4.80. The minimum absolute atomic E-state index is 1.21. The van der Waals surface area contributed by atoms with E-state index in [9.17, 15) is 0 Å². The van der Waals surface area contributed by atoms with Gasteiger partial charge in [0.1, 0.15) is 4.59 Å². The summed E-state index contributed by atoms with van der Waals surface area (Å²) in [5.41, 5.74) is 1.24. The Bertz CT molecular complexity index is 421. The topological polar surface area (TPSA) is 12.0 Å². The molecule has 0 saturated heterocycles. The molecule has 1 heterocycles. The molecule has 0 fully saturated rings. The van der Waals surface area contributed by atoms with Crippen molar-refractivity contribution in [1.29, 1.82) is 0 Å². The van der Waals surface area contributed by atoms with Crippen LogP contribution in [0, 0.1) is 0 Å². The van der Waals surface area contributed by atoms with Crippen LogP contribution < -0.4 is 5.09 Å². The fourth-order valence-electron chi connectivity index (χ4n) is 2.06. The molecule has 0 aliphatic carbocycles. The van der Waals surface area contributed by atoms with Gasteiger partial charge >= 0.3 is 0 Å². The normalized spacial score (nSPS) is 21.1. The molecule has 0 amide bonds. The fraction of sp³-hybridized carbons (Fsp3) is 0.571. The molecule has 5 heteroatoms. The van der Waals surface area contributed by atoms with Crippen LogP contribution in [-0.2, 0) is 11.8 Å². The van der Waals surface area contributed by atoms with Gasteiger partial charge in [-0.1, -0.05) is 85.7 Å². The zero-order chi connectivity index (χ0) is 13.6. The number of benzene rings is 1. The molecule has 19 heavy (non-hydrogen) atoms. The average molecular weight is 332 g/mol. The molecule has 1 unspecified atom stereocenters. The number of rotatable bonds is 8. The molecule has 1 N–H and O–H groups in total. The summed E-state index contributed by atoms with van der Waals surface area (Å²) >= 11 is 9.69. The Balaban J connectivity index is 1.66. The zero-order valence-electron chi connectivity index (χ0n) is 11.4. The lowest BCUT2D eigenvalue weighted by atomic mass is 10.1. The Kier molecular flexibility index (Phi) is 6.61. The van der Waals surface area contributed by atoms with Crippen molar-refractivity contribution in [2.45, 2.75) is 50.3 Å². The number of para-hydroxylation sites is 1. The first-order valence-corrected chi connectivity index (χ1v) is 12.9. The minimum Gasteiger partial charge on any atom is -0.341 e. The lowest BCUT2D eigenvalue weighted by Crippen LogP contribution is -1.86. The van der Waals surface area contributed by atoms with Gasteiger partial charge in [0.25, 0.3) is 0 Å². The van der Waals surface area contributed by atoms with E-state index in [1.807, 2.05) is 22.8 Å². The maximum atomic E-state index is 5.82. The minimum atomic E-state index is -1.50. The van der Waals surface area contributed by atoms with Crippen LogP contribution >= 0.6 is 27.4 Å². The third-order valence-electron chi connectivity index (χ3n) is 3.12. The van der Waals surface area contributed by atoms with Gasteiger partial charge in [-0.05, 0) is 18.6 Å². The number of unbranched alkanes of at least 4 members (excludes halogenated alkanes) is 5. The van der Waals surface area contributed by atoms with Gasteiger partial charge in [-0.15, -0.1) is 0 Å². The number of nitrogens with one attached hydrogen (secondary N) is 1. The summed E-state index contributed by atoms with van der Waals surface area (Å²) in [4.78, 5) is 1.33. The Morgan fingerprint density at radius 2 is 1.89 bits per heavy atom. The highest BCUT2D eigenvalue weighted by atomic mass is 33.2. The van der Waals surface area contributed by atoms with Crippen LogP contribution in [0.1, 0.15) is 45.4 Å². The third kappa shape index (κ3) is 5.00. The van der Waals surface area contributed by atoms with E-state index < -0.39 is 4.59 Å². The predicted molar refractivity (Wildman–Crippen MR) is 96.0 cm³/mol. The van der Waals surface area contributed by atoms with E-state index in [2.05, 4.69) is 36.3 Å². The highest BCUT2D eigenvalue weighted by molar-refractivity contribution is 9.01. The molecule has 1 nitrogen and oxygen atoms in total. The first-order chi connectivity index (χ1) is 9.23. The summed E-state index contributed by atoms with van der Waals surface area (Å²) in [6.45, 7) is 2.27. The zero-order valence-corrected chi connectivity index (χ0v) is 14.8. The molecule has 0 radical (unpaired) electrons. The van der Waals surface area contributed by atoms with Gasteiger partial charge in [0.2, 0.25) is 0 Å². The van der Waals surface area contributed by atoms with Crippen LogP contribution in [0.4, 0.5) is 5.69 Å². The summed E-state index contributed by atoms with van der Waals surface area (Å²) in [5, 5.41) is 3.57. The molecule has 106 valence electrons. The van der Waals surface area contributed by atoms with E-state index in [4.69, 9.17) is 11.8 Å². The average Bonchev–Trinajstić information content (AvgIpc) is 2.74. The quantitative estimate of drug-likeness (QED) is 0.429. The molecule has 0 spiro atoms. The smallest absolute Gasteiger partial charge is 0.145 e. The molecule has 0 aromatic heterocycles. The number of hydrogen-bond donors (Lipinski definition) is 1. The lowest BCUT2D eigenvalue weighted by Gasteiger charge is -2.14. The van der Waals surface area contributed by atoms with Gasteiger partial charge < -0.3 is 5.09 Å². The standard InChI is InChI=1S/C14H22NPS3/c1-2-3-4-5-6-9-12-18-16(17)15-13-10-7-8-11-14(13)19-16/h7-8,10-11H,2-6,9,12H2,1H3,(H,15,17). The van der Waals surface area contributed by atoms with Crippen molar-refractivity contribution < 1.29 is 0 Å². The third-order valence-corrected chi connectivity index (χ3v) is 12.2. The highest BCUT2D eigenvalue weighted by Crippen LogP contribution is 2.76. The van der Waals surface area contributed by atoms with Gasteiger partial charge in [-0.3, -0.25) is 0 Å². The highest BCUT2D eigenvalue weighted by Gasteiger charge is 2.27. The summed E-state index contributed by atoms with van der Waals surface area (Å²) in [6.07, 6.45) is 8.17. The number of fused-ring (bicyclic) bond motifs is 1. The van der Waals surface area contributed by atoms with Crippen LogP contribution in [0.25, 0.3) is 0 Å². The maximum Gasteiger partial charge on any atom is 0.145 e. The molecule has 2 rings (SSSR count).